The molecule has 0 radical (unpaired) electrons. The molecule has 3 rings (SSSR count). The third-order valence-electron chi connectivity index (χ3n) is 2.32. The van der Waals surface area contributed by atoms with Crippen LogP contribution < -0.4 is 5.56 Å². The Bertz CT molecular complexity index is 574. The number of aromatic amines is 1. The van der Waals surface area contributed by atoms with Gasteiger partial charge in [-0.2, -0.15) is 16.9 Å². The molecule has 0 amide bonds. The fraction of sp³-hybridized carbons (Fsp3) is 0.250. The van der Waals surface area contributed by atoms with Crippen molar-refractivity contribution in [3.63, 3.8) is 0 Å². The number of nitrogens with one attached hydrogen (secondary N) is 1. The summed E-state index contributed by atoms with van der Waals surface area (Å²) in [6, 6.07) is 0. The largest absolute Gasteiger partial charge is 0.306 e. The van der Waals surface area contributed by atoms with Crippen LogP contribution >= 0.6 is 27.7 Å². The number of H-pyrrole nitrogens is 1. The zero-order valence-corrected chi connectivity index (χ0v) is 9.48. The van der Waals surface area contributed by atoms with Gasteiger partial charge >= 0.3 is 0 Å². The third kappa shape index (κ3) is 1.01. The van der Waals surface area contributed by atoms with E-state index in [9.17, 15) is 4.79 Å². The highest BCUT2D eigenvalue weighted by atomic mass is 79.9. The minimum absolute atomic E-state index is 0.0127. The lowest BCUT2D eigenvalue weighted by molar-refractivity contribution is 0.871. The molecule has 2 aromatic heterocycles. The zero-order valence-electron chi connectivity index (χ0n) is 7.08. The summed E-state index contributed by atoms with van der Waals surface area (Å²) in [5.74, 6) is 1.65. The Morgan fingerprint density at radius 1 is 1.57 bits per heavy atom. The highest BCUT2D eigenvalue weighted by Crippen LogP contribution is 2.28. The fourth-order valence-electron chi connectivity index (χ4n) is 1.63. The van der Waals surface area contributed by atoms with E-state index in [1.54, 1.807) is 22.5 Å². The second-order valence-electron chi connectivity index (χ2n) is 3.13. The van der Waals surface area contributed by atoms with E-state index >= 15 is 0 Å². The van der Waals surface area contributed by atoms with Crippen molar-refractivity contribution in [3.05, 3.63) is 32.3 Å². The van der Waals surface area contributed by atoms with E-state index in [0.29, 0.717) is 0 Å². The highest BCUT2D eigenvalue weighted by molar-refractivity contribution is 9.10. The van der Waals surface area contributed by atoms with Crippen molar-refractivity contribution < 1.29 is 0 Å². The van der Waals surface area contributed by atoms with E-state index in [1.165, 1.54) is 0 Å². The van der Waals surface area contributed by atoms with Crippen molar-refractivity contribution in [2.45, 2.75) is 11.5 Å². The van der Waals surface area contributed by atoms with Gasteiger partial charge in [-0.05, 0) is 15.9 Å². The Labute approximate surface area is 91.8 Å². The Hall–Kier alpha value is -0.750. The van der Waals surface area contributed by atoms with Gasteiger partial charge in [0.05, 0.1) is 16.4 Å². The van der Waals surface area contributed by atoms with Crippen LogP contribution in [0.5, 0.6) is 0 Å². The normalized spacial score (nSPS) is 14.9. The van der Waals surface area contributed by atoms with Gasteiger partial charge in [0.2, 0.25) is 0 Å². The maximum Gasteiger partial charge on any atom is 0.255 e. The minimum atomic E-state index is 0.0127. The summed E-state index contributed by atoms with van der Waals surface area (Å²) in [5, 5.41) is 4.22. The fourth-order valence-corrected chi connectivity index (χ4v) is 3.09. The monoisotopic (exact) mass is 271 g/mol. The number of nitrogens with zero attached hydrogens (tertiary/aromatic N) is 2. The van der Waals surface area contributed by atoms with Crippen LogP contribution in [-0.4, -0.2) is 14.6 Å². The maximum absolute atomic E-state index is 11.6. The number of hydrogen-bond donors (Lipinski definition) is 1. The first-order valence-electron chi connectivity index (χ1n) is 4.12. The average molecular weight is 272 g/mol. The highest BCUT2D eigenvalue weighted by Gasteiger charge is 2.20. The van der Waals surface area contributed by atoms with Gasteiger partial charge in [0.15, 0.2) is 5.65 Å². The van der Waals surface area contributed by atoms with Crippen LogP contribution in [0.15, 0.2) is 15.5 Å². The molecule has 0 fully saturated rings. The number of thioether (sulfide) groups is 1. The molecule has 0 atom stereocenters. The van der Waals surface area contributed by atoms with Gasteiger partial charge in [0.1, 0.15) is 0 Å². The van der Waals surface area contributed by atoms with Gasteiger partial charge < -0.3 is 4.98 Å². The Balaban J connectivity index is 2.54. The minimum Gasteiger partial charge on any atom is -0.306 e. The lowest BCUT2D eigenvalue weighted by atomic mass is 10.3. The third-order valence-corrected chi connectivity index (χ3v) is 3.87. The van der Waals surface area contributed by atoms with Crippen LogP contribution in [0.2, 0.25) is 0 Å². The van der Waals surface area contributed by atoms with E-state index in [2.05, 4.69) is 26.0 Å². The lowest BCUT2D eigenvalue weighted by Gasteiger charge is -2.00. The maximum atomic E-state index is 11.6. The van der Waals surface area contributed by atoms with Gasteiger partial charge in [-0.25, -0.2) is 4.52 Å². The standard InChI is InChI=1S/C8H6BrN3OS/c9-5-1-10-12-6-3-14-2-4(6)8(13)11-7(5)12/h1H,2-3H2,(H,11,13). The number of fused-ring (bicyclic) bond motifs is 3. The van der Waals surface area contributed by atoms with Crippen molar-refractivity contribution >= 4 is 33.3 Å². The van der Waals surface area contributed by atoms with Gasteiger partial charge in [0.25, 0.3) is 5.56 Å². The molecule has 3 heterocycles. The number of aromatic nitrogens is 3. The summed E-state index contributed by atoms with van der Waals surface area (Å²) in [4.78, 5) is 14.5. The molecule has 1 N–H and O–H groups in total. The van der Waals surface area contributed by atoms with Crippen molar-refractivity contribution in [3.8, 4) is 0 Å². The van der Waals surface area contributed by atoms with E-state index in [4.69, 9.17) is 0 Å². The topological polar surface area (TPSA) is 50.2 Å². The van der Waals surface area contributed by atoms with Crippen LogP contribution in [0, 0.1) is 0 Å². The van der Waals surface area contributed by atoms with E-state index in [0.717, 1.165) is 32.9 Å². The molecule has 0 spiro atoms. The molecule has 0 aliphatic carbocycles. The number of hydrogen-bond acceptors (Lipinski definition) is 3. The first-order valence-corrected chi connectivity index (χ1v) is 6.07. The molecule has 1 aliphatic heterocycles. The Morgan fingerprint density at radius 2 is 2.43 bits per heavy atom. The quantitative estimate of drug-likeness (QED) is 0.791. The zero-order chi connectivity index (χ0) is 9.71. The molecule has 1 aliphatic rings. The number of rotatable bonds is 0. The van der Waals surface area contributed by atoms with Crippen LogP contribution in [0.4, 0.5) is 0 Å². The first kappa shape index (κ1) is 8.55. The predicted molar refractivity (Wildman–Crippen MR) is 58.5 cm³/mol. The molecule has 4 nitrogen and oxygen atoms in total. The first-order chi connectivity index (χ1) is 6.77. The van der Waals surface area contributed by atoms with E-state index in [1.807, 2.05) is 0 Å². The van der Waals surface area contributed by atoms with Gasteiger partial charge in [-0.3, -0.25) is 4.79 Å². The van der Waals surface area contributed by atoms with Crippen molar-refractivity contribution in [1.82, 2.24) is 14.6 Å². The summed E-state index contributed by atoms with van der Waals surface area (Å²) in [7, 11) is 0. The molecule has 6 heteroatoms. The van der Waals surface area contributed by atoms with Crippen molar-refractivity contribution in [2.75, 3.05) is 0 Å². The van der Waals surface area contributed by atoms with Gasteiger partial charge in [-0.1, -0.05) is 0 Å². The van der Waals surface area contributed by atoms with Crippen LogP contribution in [0.25, 0.3) is 5.65 Å². The van der Waals surface area contributed by atoms with Crippen LogP contribution in [0.3, 0.4) is 0 Å². The van der Waals surface area contributed by atoms with E-state index in [-0.39, 0.29) is 5.56 Å². The molecule has 0 unspecified atom stereocenters. The second kappa shape index (κ2) is 2.87. The summed E-state index contributed by atoms with van der Waals surface area (Å²) in [6.45, 7) is 0. The Morgan fingerprint density at radius 3 is 3.29 bits per heavy atom. The molecule has 0 saturated heterocycles. The number of halogens is 1. The van der Waals surface area contributed by atoms with Crippen molar-refractivity contribution in [2.24, 2.45) is 0 Å². The van der Waals surface area contributed by atoms with E-state index < -0.39 is 0 Å². The molecule has 72 valence electrons. The summed E-state index contributed by atoms with van der Waals surface area (Å²) in [5.41, 5.74) is 2.65. The molecule has 0 aromatic carbocycles. The predicted octanol–water partition coefficient (Wildman–Crippen LogP) is 1.53. The van der Waals surface area contributed by atoms with Gasteiger partial charge in [-0.15, -0.1) is 0 Å². The molecule has 2 aromatic rings. The van der Waals surface area contributed by atoms with Gasteiger partial charge in [0, 0.05) is 17.1 Å². The second-order valence-corrected chi connectivity index (χ2v) is 4.97. The molecular weight excluding hydrogens is 266 g/mol. The molecular formula is C8H6BrN3OS. The molecule has 0 bridgehead atoms. The van der Waals surface area contributed by atoms with Crippen LogP contribution in [-0.2, 0) is 11.5 Å². The summed E-state index contributed by atoms with van der Waals surface area (Å²) >= 11 is 5.09. The lowest BCUT2D eigenvalue weighted by Crippen LogP contribution is -2.16. The summed E-state index contributed by atoms with van der Waals surface area (Å²) in [6.07, 6.45) is 1.70. The van der Waals surface area contributed by atoms with Crippen LogP contribution in [0.1, 0.15) is 11.3 Å². The smallest absolute Gasteiger partial charge is 0.255 e. The average Bonchev–Trinajstić information content (AvgIpc) is 2.74. The SMILES string of the molecule is O=c1[nH]c2c(Br)cnn2c2c1CSC2. The van der Waals surface area contributed by atoms with Crippen molar-refractivity contribution in [1.29, 1.82) is 0 Å². The molecule has 0 saturated carbocycles. The molecule has 14 heavy (non-hydrogen) atoms. The Kier molecular flexibility index (Phi) is 1.75. The summed E-state index contributed by atoms with van der Waals surface area (Å²) < 4.78 is 2.63.